The molecule has 0 bridgehead atoms. The largest absolute Gasteiger partial charge is 0.477 e. The second-order valence-electron chi connectivity index (χ2n) is 9.98. The van der Waals surface area contributed by atoms with E-state index in [4.69, 9.17) is 9.26 Å². The molecule has 180 valence electrons. The van der Waals surface area contributed by atoms with E-state index < -0.39 is 0 Å². The molecule has 8 heteroatoms. The summed E-state index contributed by atoms with van der Waals surface area (Å²) >= 11 is 0. The molecule has 3 aliphatic rings. The third kappa shape index (κ3) is 4.61. The van der Waals surface area contributed by atoms with Crippen LogP contribution in [0.1, 0.15) is 31.2 Å². The van der Waals surface area contributed by atoms with Crippen LogP contribution in [0.4, 0.5) is 10.2 Å². The Kier molecular flexibility index (Phi) is 6.09. The summed E-state index contributed by atoms with van der Waals surface area (Å²) in [6.07, 6.45) is 6.84. The molecule has 3 fully saturated rings. The Morgan fingerprint density at radius 2 is 1.94 bits per heavy atom. The van der Waals surface area contributed by atoms with Gasteiger partial charge >= 0.3 is 0 Å². The minimum atomic E-state index is -0.258. The van der Waals surface area contributed by atoms with Crippen LogP contribution in [-0.4, -0.2) is 71.9 Å². The summed E-state index contributed by atoms with van der Waals surface area (Å²) in [4.78, 5) is 11.8. The number of piperazine rings is 1. The van der Waals surface area contributed by atoms with Crippen molar-refractivity contribution in [2.24, 2.45) is 5.92 Å². The number of hydrogen-bond donors (Lipinski definition) is 0. The van der Waals surface area contributed by atoms with Gasteiger partial charge in [-0.1, -0.05) is 11.2 Å². The number of anilines is 1. The van der Waals surface area contributed by atoms with E-state index >= 15 is 0 Å². The number of nitrogens with zero attached hydrogens (tertiary/aromatic N) is 5. The van der Waals surface area contributed by atoms with Crippen LogP contribution < -0.4 is 9.64 Å². The topological polar surface area (TPSA) is 57.9 Å². The summed E-state index contributed by atoms with van der Waals surface area (Å²) in [5, 5.41) is 5.01. The van der Waals surface area contributed by atoms with Crippen LogP contribution in [0.25, 0.3) is 11.0 Å². The first-order valence-corrected chi connectivity index (χ1v) is 12.6. The molecule has 0 spiro atoms. The van der Waals surface area contributed by atoms with Gasteiger partial charge in [0.2, 0.25) is 5.88 Å². The Balaban J connectivity index is 1.01. The molecular weight excluding hydrogens is 433 g/mol. The Morgan fingerprint density at radius 3 is 2.79 bits per heavy atom. The number of hydrogen-bond acceptors (Lipinski definition) is 7. The Morgan fingerprint density at radius 1 is 1.03 bits per heavy atom. The van der Waals surface area contributed by atoms with Crippen LogP contribution >= 0.6 is 0 Å². The maximum absolute atomic E-state index is 13.8. The third-order valence-electron chi connectivity index (χ3n) is 7.59. The maximum Gasteiger partial charge on any atom is 0.213 e. The molecule has 3 aromatic rings. The number of aromatic nitrogens is 2. The molecule has 6 rings (SSSR count). The standard InChI is InChI=1S/C26H32FN5O2/c27-21-5-7-24-23(13-21)26(29-34-24)32-12-11-31-16-20(3-6-22(31)17-32)18-33-25-8-4-19(14-28-25)15-30-9-1-2-10-30/h4-5,7-8,13-14,20,22H,1-3,6,9-12,15-18H2/t20-,22+/m1/s1. The van der Waals surface area contributed by atoms with Crippen molar-refractivity contribution in [2.75, 3.05) is 50.8 Å². The fourth-order valence-electron chi connectivity index (χ4n) is 5.70. The van der Waals surface area contributed by atoms with E-state index in [1.54, 1.807) is 6.07 Å². The first kappa shape index (κ1) is 21.8. The van der Waals surface area contributed by atoms with E-state index in [9.17, 15) is 4.39 Å². The fraction of sp³-hybridized carbons (Fsp3) is 0.538. The molecular formula is C26H32FN5O2. The number of rotatable bonds is 6. The highest BCUT2D eigenvalue weighted by Crippen LogP contribution is 2.31. The number of ether oxygens (including phenoxy) is 1. The van der Waals surface area contributed by atoms with E-state index in [1.165, 1.54) is 43.6 Å². The highest BCUT2D eigenvalue weighted by molar-refractivity contribution is 5.88. The van der Waals surface area contributed by atoms with Crippen molar-refractivity contribution in [1.82, 2.24) is 19.9 Å². The molecule has 7 nitrogen and oxygen atoms in total. The molecule has 0 N–H and O–H groups in total. The van der Waals surface area contributed by atoms with E-state index in [2.05, 4.69) is 30.9 Å². The lowest BCUT2D eigenvalue weighted by Gasteiger charge is -2.46. The third-order valence-corrected chi connectivity index (χ3v) is 7.59. The predicted molar refractivity (Wildman–Crippen MR) is 129 cm³/mol. The average Bonchev–Trinajstić information content (AvgIpc) is 3.53. The van der Waals surface area contributed by atoms with Gasteiger partial charge in [0.25, 0.3) is 0 Å². The van der Waals surface area contributed by atoms with Gasteiger partial charge in [-0.2, -0.15) is 0 Å². The molecule has 2 atom stereocenters. The number of likely N-dealkylation sites (tertiary alicyclic amines) is 1. The van der Waals surface area contributed by atoms with Crippen LogP contribution in [0.5, 0.6) is 5.88 Å². The maximum atomic E-state index is 13.8. The average molecular weight is 466 g/mol. The number of pyridine rings is 1. The first-order chi connectivity index (χ1) is 16.7. The predicted octanol–water partition coefficient (Wildman–Crippen LogP) is 3.94. The van der Waals surface area contributed by atoms with Gasteiger partial charge in [0.1, 0.15) is 5.82 Å². The summed E-state index contributed by atoms with van der Waals surface area (Å²) in [6, 6.07) is 9.23. The molecule has 0 radical (unpaired) electrons. The van der Waals surface area contributed by atoms with Crippen LogP contribution in [0.15, 0.2) is 41.1 Å². The molecule has 34 heavy (non-hydrogen) atoms. The minimum Gasteiger partial charge on any atom is -0.477 e. The van der Waals surface area contributed by atoms with E-state index in [0.29, 0.717) is 24.1 Å². The molecule has 0 amide bonds. The van der Waals surface area contributed by atoms with Gasteiger partial charge in [-0.3, -0.25) is 9.80 Å². The zero-order valence-corrected chi connectivity index (χ0v) is 19.5. The second kappa shape index (κ2) is 9.50. The van der Waals surface area contributed by atoms with Gasteiger partial charge in [0, 0.05) is 56.9 Å². The number of benzene rings is 1. The van der Waals surface area contributed by atoms with Crippen LogP contribution in [0, 0.1) is 11.7 Å². The molecule has 2 aromatic heterocycles. The van der Waals surface area contributed by atoms with Crippen LogP contribution in [-0.2, 0) is 6.54 Å². The molecule has 3 saturated heterocycles. The highest BCUT2D eigenvalue weighted by Gasteiger charge is 2.34. The molecule has 0 unspecified atom stereocenters. The molecule has 1 aromatic carbocycles. The highest BCUT2D eigenvalue weighted by atomic mass is 19.1. The zero-order chi connectivity index (χ0) is 22.9. The number of piperidine rings is 1. The summed E-state index contributed by atoms with van der Waals surface area (Å²) in [5.74, 6) is 1.74. The van der Waals surface area contributed by atoms with Gasteiger partial charge in [-0.15, -0.1) is 0 Å². The molecule has 3 aliphatic heterocycles. The Bertz CT molecular complexity index is 1110. The van der Waals surface area contributed by atoms with Gasteiger partial charge in [-0.05, 0) is 62.5 Å². The van der Waals surface area contributed by atoms with Gasteiger partial charge in [-0.25, -0.2) is 9.37 Å². The van der Waals surface area contributed by atoms with Crippen molar-refractivity contribution in [2.45, 2.75) is 38.3 Å². The summed E-state index contributed by atoms with van der Waals surface area (Å²) in [5.41, 5.74) is 1.90. The Hall–Kier alpha value is -2.71. The van der Waals surface area contributed by atoms with Crippen LogP contribution in [0.3, 0.4) is 0 Å². The lowest BCUT2D eigenvalue weighted by molar-refractivity contribution is 0.0716. The van der Waals surface area contributed by atoms with E-state index in [1.807, 2.05) is 12.3 Å². The SMILES string of the molecule is Fc1ccc2onc(N3CCN4C[C@H](COc5ccc(CN6CCCC6)cn5)CC[C@H]4C3)c2c1. The quantitative estimate of drug-likeness (QED) is 0.547. The van der Waals surface area contributed by atoms with Crippen molar-refractivity contribution in [3.05, 3.63) is 47.9 Å². The normalized spacial score (nSPS) is 24.0. The van der Waals surface area contributed by atoms with Gasteiger partial charge < -0.3 is 14.2 Å². The van der Waals surface area contributed by atoms with E-state index in [-0.39, 0.29) is 5.82 Å². The minimum absolute atomic E-state index is 0.258. The summed E-state index contributed by atoms with van der Waals surface area (Å²) in [6.45, 7) is 7.86. The summed E-state index contributed by atoms with van der Waals surface area (Å²) in [7, 11) is 0. The Labute approximate surface area is 199 Å². The van der Waals surface area contributed by atoms with Crippen LogP contribution in [0.2, 0.25) is 0 Å². The van der Waals surface area contributed by atoms with Gasteiger partial charge in [0.05, 0.1) is 12.0 Å². The van der Waals surface area contributed by atoms with E-state index in [0.717, 1.165) is 62.6 Å². The van der Waals surface area contributed by atoms with Crippen molar-refractivity contribution in [3.8, 4) is 5.88 Å². The smallest absolute Gasteiger partial charge is 0.213 e. The van der Waals surface area contributed by atoms with Crippen molar-refractivity contribution < 1.29 is 13.7 Å². The second-order valence-corrected chi connectivity index (χ2v) is 9.98. The number of fused-ring (bicyclic) bond motifs is 2. The first-order valence-electron chi connectivity index (χ1n) is 12.6. The lowest BCUT2D eigenvalue weighted by Crippen LogP contribution is -2.57. The zero-order valence-electron chi connectivity index (χ0n) is 19.5. The van der Waals surface area contributed by atoms with Crippen molar-refractivity contribution >= 4 is 16.8 Å². The lowest BCUT2D eigenvalue weighted by atomic mass is 9.91. The molecule has 5 heterocycles. The van der Waals surface area contributed by atoms with Crippen molar-refractivity contribution in [3.63, 3.8) is 0 Å². The summed E-state index contributed by atoms with van der Waals surface area (Å²) < 4.78 is 25.3. The fourth-order valence-corrected chi connectivity index (χ4v) is 5.70. The molecule has 0 aliphatic carbocycles. The van der Waals surface area contributed by atoms with Crippen molar-refractivity contribution in [1.29, 1.82) is 0 Å². The van der Waals surface area contributed by atoms with Gasteiger partial charge in [0.15, 0.2) is 11.4 Å². The molecule has 0 saturated carbocycles. The monoisotopic (exact) mass is 465 g/mol. The number of halogens is 1.